The number of benzene rings is 5. The summed E-state index contributed by atoms with van der Waals surface area (Å²) in [6.07, 6.45) is 1.47. The lowest BCUT2D eigenvalue weighted by atomic mass is 9.92. The molecule has 5 aromatic carbocycles. The van der Waals surface area contributed by atoms with Crippen LogP contribution >= 0.6 is 34.8 Å². The number of anilines is 1. The van der Waals surface area contributed by atoms with Gasteiger partial charge in [-0.3, -0.25) is 9.78 Å². The van der Waals surface area contributed by atoms with Crippen molar-refractivity contribution in [2.24, 2.45) is 0 Å². The van der Waals surface area contributed by atoms with Gasteiger partial charge in [-0.1, -0.05) is 77.3 Å². The van der Waals surface area contributed by atoms with Gasteiger partial charge in [0, 0.05) is 42.0 Å². The summed E-state index contributed by atoms with van der Waals surface area (Å²) in [6.45, 7) is 4.55. The third kappa shape index (κ3) is 9.60. The summed E-state index contributed by atoms with van der Waals surface area (Å²) in [5.41, 5.74) is 8.48. The average Bonchev–Trinajstić information content (AvgIpc) is 3.27. The third-order valence-electron chi connectivity index (χ3n) is 11.1. The van der Waals surface area contributed by atoms with Gasteiger partial charge in [0.05, 0.1) is 10.0 Å². The molecule has 0 fully saturated rings. The van der Waals surface area contributed by atoms with E-state index in [1.54, 1.807) is 42.6 Å². The molecule has 6 aromatic rings. The summed E-state index contributed by atoms with van der Waals surface area (Å²) in [7, 11) is 0. The highest BCUT2D eigenvalue weighted by Gasteiger charge is 2.38. The molecule has 1 aromatic heterocycles. The molecule has 3 heterocycles. The maximum absolute atomic E-state index is 14.2. The maximum atomic E-state index is 14.2. The molecule has 2 aliphatic heterocycles. The van der Waals surface area contributed by atoms with Crippen LogP contribution in [0, 0.1) is 13.8 Å². The number of carbonyl (C=O) groups is 3. The molecule has 316 valence electrons. The summed E-state index contributed by atoms with van der Waals surface area (Å²) in [4.78, 5) is 46.6. The van der Waals surface area contributed by atoms with Crippen LogP contribution in [0.3, 0.4) is 0 Å². The van der Waals surface area contributed by atoms with Crippen LogP contribution in [0.5, 0.6) is 17.2 Å². The van der Waals surface area contributed by atoms with E-state index in [1.807, 2.05) is 86.6 Å². The second kappa shape index (κ2) is 18.4. The van der Waals surface area contributed by atoms with Gasteiger partial charge in [-0.05, 0) is 125 Å². The fourth-order valence-corrected chi connectivity index (χ4v) is 7.99. The molecule has 8 rings (SSSR count). The lowest BCUT2D eigenvalue weighted by Gasteiger charge is -2.37. The molecule has 3 atom stereocenters. The Morgan fingerprint density at radius 2 is 1.58 bits per heavy atom. The molecule has 2 aliphatic rings. The van der Waals surface area contributed by atoms with Crippen LogP contribution < -0.4 is 24.8 Å². The number of aliphatic carboxylic acids is 1. The zero-order valence-electron chi connectivity index (χ0n) is 33.7. The van der Waals surface area contributed by atoms with Crippen molar-refractivity contribution in [1.82, 2.24) is 15.2 Å². The zero-order chi connectivity index (χ0) is 43.5. The number of fused-ring (bicyclic) bond motifs is 2. The number of pyridine rings is 1. The Morgan fingerprint density at radius 1 is 0.855 bits per heavy atom. The molecule has 62 heavy (non-hydrogen) atoms. The van der Waals surface area contributed by atoms with E-state index in [9.17, 15) is 19.5 Å². The quantitative estimate of drug-likeness (QED) is 0.117. The van der Waals surface area contributed by atoms with Crippen LogP contribution in [0.1, 0.15) is 45.2 Å². The zero-order valence-corrected chi connectivity index (χ0v) is 35.9. The molecular formula is C48H41Cl3N4O7. The average molecular weight is 892 g/mol. The van der Waals surface area contributed by atoms with Crippen molar-refractivity contribution in [3.8, 4) is 28.4 Å². The van der Waals surface area contributed by atoms with Gasteiger partial charge < -0.3 is 34.9 Å². The molecule has 3 N–H and O–H groups in total. The molecule has 0 unspecified atom stereocenters. The SMILES string of the molecule is Cc1nccc(-c2ccc(C[C@H](NC(=O)[C@@H]3Cc4cc5c(cc4CN3C(=O)Nc3ccc(Cl)cc3)O[C@@H](c3ccc(OCc4ccc(Cl)c(Cl)c4)cc3)CO5)C(=O)O)cc2)c1C. The largest absolute Gasteiger partial charge is 0.489 e. The Morgan fingerprint density at radius 3 is 2.31 bits per heavy atom. The second-order valence-corrected chi connectivity index (χ2v) is 16.5. The molecule has 0 radical (unpaired) electrons. The third-order valence-corrected chi connectivity index (χ3v) is 12.1. The highest BCUT2D eigenvalue weighted by Crippen LogP contribution is 2.41. The van der Waals surface area contributed by atoms with Gasteiger partial charge in [0.1, 0.15) is 31.0 Å². The summed E-state index contributed by atoms with van der Waals surface area (Å²) >= 11 is 18.3. The van der Waals surface area contributed by atoms with Gasteiger partial charge in [0.25, 0.3) is 0 Å². The van der Waals surface area contributed by atoms with Crippen molar-refractivity contribution in [2.75, 3.05) is 11.9 Å². The van der Waals surface area contributed by atoms with Crippen molar-refractivity contribution in [1.29, 1.82) is 0 Å². The van der Waals surface area contributed by atoms with Crippen LogP contribution in [0.2, 0.25) is 15.1 Å². The molecule has 0 aliphatic carbocycles. The first-order chi connectivity index (χ1) is 29.9. The number of nitrogens with zero attached hydrogens (tertiary/aromatic N) is 2. The molecular weight excluding hydrogens is 851 g/mol. The van der Waals surface area contributed by atoms with Gasteiger partial charge >= 0.3 is 12.0 Å². The number of halogens is 3. The molecule has 3 amide bonds. The number of rotatable bonds is 11. The first-order valence-electron chi connectivity index (χ1n) is 19.9. The Balaban J connectivity index is 0.984. The lowest BCUT2D eigenvalue weighted by molar-refractivity contribution is -0.142. The minimum atomic E-state index is -1.26. The number of carbonyl (C=O) groups excluding carboxylic acids is 2. The highest BCUT2D eigenvalue weighted by molar-refractivity contribution is 6.42. The minimum Gasteiger partial charge on any atom is -0.489 e. The number of amides is 3. The Bertz CT molecular complexity index is 2640. The molecule has 0 saturated carbocycles. The topological polar surface area (TPSA) is 139 Å². The maximum Gasteiger partial charge on any atom is 0.326 e. The summed E-state index contributed by atoms with van der Waals surface area (Å²) in [6, 6.07) is 29.8. The van der Waals surface area contributed by atoms with E-state index in [0.717, 1.165) is 50.2 Å². The van der Waals surface area contributed by atoms with E-state index in [2.05, 4.69) is 15.6 Å². The van der Waals surface area contributed by atoms with E-state index in [-0.39, 0.29) is 26.0 Å². The van der Waals surface area contributed by atoms with Crippen LogP contribution in [0.25, 0.3) is 11.1 Å². The first-order valence-corrected chi connectivity index (χ1v) is 21.0. The van der Waals surface area contributed by atoms with Gasteiger partial charge in [0.15, 0.2) is 17.6 Å². The highest BCUT2D eigenvalue weighted by atomic mass is 35.5. The number of hydrogen-bond donors (Lipinski definition) is 3. The second-order valence-electron chi connectivity index (χ2n) is 15.2. The fourth-order valence-electron chi connectivity index (χ4n) is 7.54. The van der Waals surface area contributed by atoms with E-state index in [0.29, 0.717) is 44.6 Å². The van der Waals surface area contributed by atoms with Crippen molar-refractivity contribution in [3.63, 3.8) is 0 Å². The number of ether oxygens (including phenoxy) is 3. The lowest BCUT2D eigenvalue weighted by Crippen LogP contribution is -2.56. The van der Waals surface area contributed by atoms with Crippen molar-refractivity contribution in [3.05, 3.63) is 170 Å². The van der Waals surface area contributed by atoms with Gasteiger partial charge in [-0.15, -0.1) is 0 Å². The Labute approximate surface area is 373 Å². The van der Waals surface area contributed by atoms with Crippen molar-refractivity contribution >= 4 is 58.4 Å². The van der Waals surface area contributed by atoms with Crippen LogP contribution in [-0.4, -0.2) is 51.6 Å². The number of carboxylic acid groups (broad SMARTS) is 1. The minimum absolute atomic E-state index is 0.0321. The standard InChI is InChI=1S/C48H41Cl3N4O7/c1-27-28(2)52-18-17-38(27)31-6-3-29(4-7-31)20-41(47(57)58)54-46(56)42-21-33-22-43-44(23-34(33)24-55(42)48(59)53-36-12-10-35(49)11-13-36)62-45(26-61-43)32-8-14-37(15-9-32)60-25-30-5-16-39(50)40(51)19-30/h3-19,22-23,41-42,45H,20-21,24-26H2,1-2H3,(H,53,59)(H,54,56)(H,57,58)/t41-,42-,45+/m0/s1. The summed E-state index contributed by atoms with van der Waals surface area (Å²) in [5.74, 6) is -0.142. The first kappa shape index (κ1) is 42.4. The molecule has 11 nitrogen and oxygen atoms in total. The summed E-state index contributed by atoms with van der Waals surface area (Å²) in [5, 5.41) is 17.3. The number of urea groups is 1. The number of carboxylic acids is 1. The Kier molecular flexibility index (Phi) is 12.6. The Hall–Kier alpha value is -6.27. The van der Waals surface area contributed by atoms with E-state index in [1.165, 1.54) is 4.90 Å². The van der Waals surface area contributed by atoms with Crippen LogP contribution in [-0.2, 0) is 35.6 Å². The normalized spacial score (nSPS) is 15.9. The van der Waals surface area contributed by atoms with Crippen molar-refractivity contribution in [2.45, 2.75) is 58.0 Å². The monoisotopic (exact) mass is 890 g/mol. The van der Waals surface area contributed by atoms with E-state index in [4.69, 9.17) is 49.0 Å². The number of hydrogen-bond acceptors (Lipinski definition) is 7. The fraction of sp³-hybridized carbons (Fsp3) is 0.208. The van der Waals surface area contributed by atoms with Crippen molar-refractivity contribution < 1.29 is 33.7 Å². The van der Waals surface area contributed by atoms with Gasteiger partial charge in [0.2, 0.25) is 5.91 Å². The predicted octanol–water partition coefficient (Wildman–Crippen LogP) is 10.2. The van der Waals surface area contributed by atoms with Crippen LogP contribution in [0.15, 0.2) is 115 Å². The van der Waals surface area contributed by atoms with Gasteiger partial charge in [-0.2, -0.15) is 0 Å². The van der Waals surface area contributed by atoms with Gasteiger partial charge in [-0.25, -0.2) is 9.59 Å². The van der Waals surface area contributed by atoms with E-state index >= 15 is 0 Å². The molecule has 0 saturated heterocycles. The number of aryl methyl sites for hydroxylation is 1. The molecule has 0 spiro atoms. The number of aromatic nitrogens is 1. The number of nitrogens with one attached hydrogen (secondary N) is 2. The van der Waals surface area contributed by atoms with Crippen LogP contribution in [0.4, 0.5) is 10.5 Å². The smallest absolute Gasteiger partial charge is 0.326 e. The molecule has 0 bridgehead atoms. The van der Waals surface area contributed by atoms with E-state index < -0.39 is 36.1 Å². The summed E-state index contributed by atoms with van der Waals surface area (Å²) < 4.78 is 18.6. The predicted molar refractivity (Wildman–Crippen MR) is 238 cm³/mol. The molecule has 14 heteroatoms.